The molecule has 1 unspecified atom stereocenters. The maximum Gasteiger partial charge on any atom is 0.254 e. The molecule has 0 aliphatic heterocycles. The number of amides is 1. The minimum atomic E-state index is -0.598. The van der Waals surface area contributed by atoms with Gasteiger partial charge in [-0.1, -0.05) is 54.2 Å². The molecule has 0 spiro atoms. The number of carbonyl (C=O) groups is 1. The normalized spacial score (nSPS) is 12.5. The molecule has 1 N–H and O–H groups in total. The average Bonchev–Trinajstić information content (AvgIpc) is 2.37. The third-order valence-corrected chi connectivity index (χ3v) is 4.50. The van der Waals surface area contributed by atoms with E-state index < -0.39 is 11.7 Å². The Morgan fingerprint density at radius 3 is 2.58 bits per heavy atom. The Hall–Kier alpha value is -0.610. The summed E-state index contributed by atoms with van der Waals surface area (Å²) in [6.07, 6.45) is 2.08. The molecule has 0 saturated heterocycles. The monoisotopic (exact) mass is 349 g/mol. The number of carbonyl (C=O) groups excluding carboxylic acids is 1. The van der Waals surface area contributed by atoms with Gasteiger partial charge in [-0.3, -0.25) is 4.79 Å². The summed E-state index contributed by atoms with van der Waals surface area (Å²) in [5, 5.41) is 3.02. The number of rotatable bonds is 6. The van der Waals surface area contributed by atoms with Crippen molar-refractivity contribution >= 4 is 33.4 Å². The molecule has 0 radical (unpaired) electrons. The number of alkyl halides is 1. The molecule has 0 bridgehead atoms. The van der Waals surface area contributed by atoms with Crippen molar-refractivity contribution in [3.8, 4) is 0 Å². The first-order chi connectivity index (χ1) is 8.99. The summed E-state index contributed by atoms with van der Waals surface area (Å²) >= 11 is 9.22. The third kappa shape index (κ3) is 4.77. The Morgan fingerprint density at radius 2 is 2.05 bits per heavy atom. The first-order valence-corrected chi connectivity index (χ1v) is 7.66. The molecule has 0 aromatic heterocycles. The Kier molecular flexibility index (Phi) is 6.80. The maximum absolute atomic E-state index is 13.6. The maximum atomic E-state index is 13.6. The molecule has 1 aromatic rings. The van der Waals surface area contributed by atoms with E-state index in [1.807, 2.05) is 0 Å². The van der Waals surface area contributed by atoms with Crippen LogP contribution in [0.25, 0.3) is 0 Å². The second kappa shape index (κ2) is 7.85. The highest BCUT2D eigenvalue weighted by atomic mass is 79.9. The fourth-order valence-corrected chi connectivity index (χ4v) is 2.99. The highest BCUT2D eigenvalue weighted by Crippen LogP contribution is 2.20. The van der Waals surface area contributed by atoms with Crippen LogP contribution < -0.4 is 5.32 Å². The average molecular weight is 351 g/mol. The highest BCUT2D eigenvalue weighted by Gasteiger charge is 2.17. The zero-order valence-corrected chi connectivity index (χ0v) is 13.4. The van der Waals surface area contributed by atoms with Crippen LogP contribution in [0, 0.1) is 11.7 Å². The minimum absolute atomic E-state index is 0.0219. The van der Waals surface area contributed by atoms with Crippen LogP contribution in [0.4, 0.5) is 4.39 Å². The highest BCUT2D eigenvalue weighted by molar-refractivity contribution is 9.09. The quantitative estimate of drug-likeness (QED) is 0.757. The number of benzene rings is 1. The van der Waals surface area contributed by atoms with Gasteiger partial charge in [0.1, 0.15) is 5.82 Å². The van der Waals surface area contributed by atoms with Crippen molar-refractivity contribution in [1.29, 1.82) is 0 Å². The summed E-state index contributed by atoms with van der Waals surface area (Å²) in [6, 6.07) is 4.04. The van der Waals surface area contributed by atoms with Crippen molar-refractivity contribution < 1.29 is 9.18 Å². The van der Waals surface area contributed by atoms with Crippen LogP contribution in [-0.2, 0) is 0 Å². The van der Waals surface area contributed by atoms with Gasteiger partial charge in [0.2, 0.25) is 0 Å². The van der Waals surface area contributed by atoms with Crippen molar-refractivity contribution in [3.63, 3.8) is 0 Å². The van der Waals surface area contributed by atoms with Gasteiger partial charge < -0.3 is 5.32 Å². The molecule has 0 fully saturated rings. The molecule has 0 heterocycles. The Bertz CT molecular complexity index is 437. The molecule has 0 aliphatic carbocycles. The number of hydrogen-bond acceptors (Lipinski definition) is 1. The topological polar surface area (TPSA) is 29.1 Å². The van der Waals surface area contributed by atoms with E-state index in [0.29, 0.717) is 12.5 Å². The van der Waals surface area contributed by atoms with Crippen LogP contribution in [0.15, 0.2) is 18.2 Å². The van der Waals surface area contributed by atoms with E-state index in [1.54, 1.807) is 0 Å². The standard InChI is InChI=1S/C14H18BrClFNO/c1-3-9(4-2)12(15)8-18-14(19)11-6-5-10(16)7-13(11)17/h5-7,9,12H,3-4,8H2,1-2H3,(H,18,19). The lowest BCUT2D eigenvalue weighted by molar-refractivity contribution is 0.0948. The predicted octanol–water partition coefficient (Wildman–Crippen LogP) is 4.41. The molecule has 0 aliphatic rings. The minimum Gasteiger partial charge on any atom is -0.351 e. The van der Waals surface area contributed by atoms with Crippen molar-refractivity contribution in [3.05, 3.63) is 34.6 Å². The molecule has 1 aromatic carbocycles. The Balaban J connectivity index is 2.60. The van der Waals surface area contributed by atoms with E-state index in [2.05, 4.69) is 35.1 Å². The third-order valence-electron chi connectivity index (χ3n) is 3.19. The van der Waals surface area contributed by atoms with Gasteiger partial charge in [0.25, 0.3) is 5.91 Å². The smallest absolute Gasteiger partial charge is 0.254 e. The first-order valence-electron chi connectivity index (χ1n) is 6.36. The van der Waals surface area contributed by atoms with Gasteiger partial charge in [-0.15, -0.1) is 0 Å². The summed E-state index contributed by atoms with van der Waals surface area (Å²) in [6.45, 7) is 4.71. The largest absolute Gasteiger partial charge is 0.351 e. The van der Waals surface area contributed by atoms with Crippen molar-refractivity contribution in [2.45, 2.75) is 31.5 Å². The van der Waals surface area contributed by atoms with E-state index >= 15 is 0 Å². The van der Waals surface area contributed by atoms with E-state index in [9.17, 15) is 9.18 Å². The summed E-state index contributed by atoms with van der Waals surface area (Å²) in [5.41, 5.74) is 0.0219. The number of hydrogen-bond donors (Lipinski definition) is 1. The van der Waals surface area contributed by atoms with Gasteiger partial charge in [0.05, 0.1) is 5.56 Å². The summed E-state index contributed by atoms with van der Waals surface area (Å²) in [4.78, 5) is 12.1. The van der Waals surface area contributed by atoms with Crippen LogP contribution in [0.3, 0.4) is 0 Å². The molecule has 2 nitrogen and oxygen atoms in total. The SMILES string of the molecule is CCC(CC)C(Br)CNC(=O)c1ccc(Cl)cc1F. The second-order valence-corrected chi connectivity index (χ2v) is 6.04. The second-order valence-electron chi connectivity index (χ2n) is 4.43. The van der Waals surface area contributed by atoms with Crippen LogP contribution >= 0.6 is 27.5 Å². The zero-order chi connectivity index (χ0) is 14.4. The summed E-state index contributed by atoms with van der Waals surface area (Å²) in [7, 11) is 0. The van der Waals surface area contributed by atoms with Crippen molar-refractivity contribution in [2.75, 3.05) is 6.54 Å². The number of nitrogens with one attached hydrogen (secondary N) is 1. The van der Waals surface area contributed by atoms with Gasteiger partial charge in [0.15, 0.2) is 0 Å². The van der Waals surface area contributed by atoms with Crippen LogP contribution in [-0.4, -0.2) is 17.3 Å². The fraction of sp³-hybridized carbons (Fsp3) is 0.500. The lowest BCUT2D eigenvalue weighted by atomic mass is 9.99. The van der Waals surface area contributed by atoms with E-state index in [0.717, 1.165) is 18.9 Å². The molecule has 1 amide bonds. The first kappa shape index (κ1) is 16.4. The van der Waals surface area contributed by atoms with Crippen LogP contribution in [0.1, 0.15) is 37.0 Å². The van der Waals surface area contributed by atoms with Crippen molar-refractivity contribution in [2.24, 2.45) is 5.92 Å². The fourth-order valence-electron chi connectivity index (χ4n) is 1.93. The summed E-state index contributed by atoms with van der Waals surface area (Å²) < 4.78 is 13.6. The van der Waals surface area contributed by atoms with E-state index in [1.165, 1.54) is 12.1 Å². The van der Waals surface area contributed by atoms with Gasteiger partial charge in [-0.25, -0.2) is 4.39 Å². The Labute approximate surface area is 126 Å². The van der Waals surface area contributed by atoms with Gasteiger partial charge in [0, 0.05) is 16.4 Å². The predicted molar refractivity (Wildman–Crippen MR) is 80.5 cm³/mol. The Morgan fingerprint density at radius 1 is 1.42 bits per heavy atom. The van der Waals surface area contributed by atoms with Gasteiger partial charge in [-0.05, 0) is 24.1 Å². The molecule has 106 valence electrons. The molecule has 5 heteroatoms. The molecule has 19 heavy (non-hydrogen) atoms. The molecular weight excluding hydrogens is 333 g/mol. The van der Waals surface area contributed by atoms with Gasteiger partial charge >= 0.3 is 0 Å². The van der Waals surface area contributed by atoms with E-state index in [4.69, 9.17) is 11.6 Å². The van der Waals surface area contributed by atoms with Crippen molar-refractivity contribution in [1.82, 2.24) is 5.32 Å². The number of halogens is 3. The molecule has 1 atom stereocenters. The van der Waals surface area contributed by atoms with E-state index in [-0.39, 0.29) is 15.4 Å². The zero-order valence-electron chi connectivity index (χ0n) is 11.1. The van der Waals surface area contributed by atoms with Gasteiger partial charge in [-0.2, -0.15) is 0 Å². The lowest BCUT2D eigenvalue weighted by Crippen LogP contribution is -2.33. The molecular formula is C14H18BrClFNO. The molecule has 0 saturated carbocycles. The van der Waals surface area contributed by atoms with Crippen LogP contribution in [0.5, 0.6) is 0 Å². The van der Waals surface area contributed by atoms with Crippen LogP contribution in [0.2, 0.25) is 5.02 Å². The lowest BCUT2D eigenvalue weighted by Gasteiger charge is -2.20. The summed E-state index contributed by atoms with van der Waals surface area (Å²) in [5.74, 6) is -0.515. The molecule has 1 rings (SSSR count).